The van der Waals surface area contributed by atoms with Gasteiger partial charge in [-0.05, 0) is 35.7 Å². The van der Waals surface area contributed by atoms with Crippen molar-refractivity contribution in [3.8, 4) is 0 Å². The molecule has 0 saturated heterocycles. The monoisotopic (exact) mass is 276 g/mol. The first-order valence-electron chi connectivity index (χ1n) is 5.92. The molecule has 0 radical (unpaired) electrons. The Hall–Kier alpha value is -0.960. The Balaban J connectivity index is 1.80. The first-order chi connectivity index (χ1) is 8.74. The van der Waals surface area contributed by atoms with Gasteiger partial charge in [0.05, 0.1) is 6.10 Å². The third-order valence-electron chi connectivity index (χ3n) is 3.24. The largest absolute Gasteiger partial charge is 0.387 e. The summed E-state index contributed by atoms with van der Waals surface area (Å²) < 4.78 is 0. The molecule has 1 aliphatic rings. The smallest absolute Gasteiger partial charge is 0.0915 e. The zero-order chi connectivity index (χ0) is 12.5. The van der Waals surface area contributed by atoms with E-state index in [-0.39, 0.29) is 5.25 Å². The van der Waals surface area contributed by atoms with Crippen LogP contribution < -0.4 is 0 Å². The molecular weight excluding hydrogens is 264 g/mol. The van der Waals surface area contributed by atoms with Crippen LogP contribution in [-0.4, -0.2) is 10.4 Å². The maximum Gasteiger partial charge on any atom is 0.0915 e. The second-order valence-corrected chi connectivity index (χ2v) is 6.18. The highest BCUT2D eigenvalue weighted by atomic mass is 35.5. The zero-order valence-electron chi connectivity index (χ0n) is 9.71. The van der Waals surface area contributed by atoms with E-state index in [0.29, 0.717) is 5.02 Å². The van der Waals surface area contributed by atoms with Crippen LogP contribution in [0, 0.1) is 0 Å². The maximum atomic E-state index is 10.4. The first-order valence-corrected chi connectivity index (χ1v) is 7.18. The normalized spacial score (nSPS) is 19.6. The first kappa shape index (κ1) is 12.1. The highest BCUT2D eigenvalue weighted by molar-refractivity contribution is 8.00. The van der Waals surface area contributed by atoms with Crippen LogP contribution in [0.2, 0.25) is 5.02 Å². The van der Waals surface area contributed by atoms with Crippen LogP contribution in [0.25, 0.3) is 0 Å². The molecular formula is C15H13ClOS. The van der Waals surface area contributed by atoms with Crippen molar-refractivity contribution in [1.82, 2.24) is 0 Å². The summed E-state index contributed by atoms with van der Waals surface area (Å²) in [6.07, 6.45) is 0.477. The number of hydrogen-bond acceptors (Lipinski definition) is 2. The van der Waals surface area contributed by atoms with Gasteiger partial charge in [0.1, 0.15) is 0 Å². The SMILES string of the molecule is OC(c1ccc(Cl)cc1)C1Cc2ccccc2S1. The summed E-state index contributed by atoms with van der Waals surface area (Å²) in [5.41, 5.74) is 2.27. The Morgan fingerprint density at radius 2 is 1.83 bits per heavy atom. The van der Waals surface area contributed by atoms with E-state index in [0.717, 1.165) is 12.0 Å². The molecule has 3 heteroatoms. The van der Waals surface area contributed by atoms with Crippen molar-refractivity contribution >= 4 is 23.4 Å². The lowest BCUT2D eigenvalue weighted by molar-refractivity contribution is 0.175. The summed E-state index contributed by atoms with van der Waals surface area (Å²) in [4.78, 5) is 1.29. The lowest BCUT2D eigenvalue weighted by Crippen LogP contribution is -2.14. The van der Waals surface area contributed by atoms with Crippen LogP contribution in [-0.2, 0) is 6.42 Å². The summed E-state index contributed by atoms with van der Waals surface area (Å²) >= 11 is 7.62. The third kappa shape index (κ3) is 2.28. The number of fused-ring (bicyclic) bond motifs is 1. The van der Waals surface area contributed by atoms with Gasteiger partial charge in [-0.25, -0.2) is 0 Å². The molecule has 2 atom stereocenters. The van der Waals surface area contributed by atoms with E-state index in [1.807, 2.05) is 30.3 Å². The van der Waals surface area contributed by atoms with Crippen LogP contribution in [0.3, 0.4) is 0 Å². The zero-order valence-corrected chi connectivity index (χ0v) is 11.3. The van der Waals surface area contributed by atoms with E-state index in [2.05, 4.69) is 18.2 Å². The minimum absolute atomic E-state index is 0.198. The number of hydrogen-bond donors (Lipinski definition) is 1. The molecule has 2 aromatic carbocycles. The van der Waals surface area contributed by atoms with E-state index < -0.39 is 6.10 Å². The fourth-order valence-corrected chi connectivity index (χ4v) is 3.72. The Kier molecular flexibility index (Phi) is 3.33. The Labute approximate surface area is 116 Å². The second kappa shape index (κ2) is 4.96. The Bertz CT molecular complexity index is 528. The molecule has 1 N–H and O–H groups in total. The van der Waals surface area contributed by atoms with Crippen molar-refractivity contribution < 1.29 is 5.11 Å². The molecule has 0 aliphatic carbocycles. The minimum atomic E-state index is -0.445. The van der Waals surface area contributed by atoms with E-state index in [9.17, 15) is 5.11 Å². The molecule has 2 unspecified atom stereocenters. The van der Waals surface area contributed by atoms with Gasteiger partial charge in [0.15, 0.2) is 0 Å². The molecule has 0 bridgehead atoms. The number of thioether (sulfide) groups is 1. The van der Waals surface area contributed by atoms with Gasteiger partial charge in [-0.15, -0.1) is 11.8 Å². The lowest BCUT2D eigenvalue weighted by atomic mass is 10.0. The quantitative estimate of drug-likeness (QED) is 0.891. The van der Waals surface area contributed by atoms with Crippen molar-refractivity contribution in [2.75, 3.05) is 0 Å². The van der Waals surface area contributed by atoms with E-state index >= 15 is 0 Å². The van der Waals surface area contributed by atoms with Gasteiger partial charge in [0, 0.05) is 15.2 Å². The van der Waals surface area contributed by atoms with E-state index in [1.165, 1.54) is 10.5 Å². The molecule has 0 saturated carbocycles. The summed E-state index contributed by atoms with van der Waals surface area (Å²) in [5, 5.41) is 11.3. The van der Waals surface area contributed by atoms with Crippen molar-refractivity contribution in [3.05, 3.63) is 64.7 Å². The lowest BCUT2D eigenvalue weighted by Gasteiger charge is -2.17. The van der Waals surface area contributed by atoms with Crippen molar-refractivity contribution in [2.45, 2.75) is 22.7 Å². The third-order valence-corrected chi connectivity index (χ3v) is 4.87. The Morgan fingerprint density at radius 3 is 2.56 bits per heavy atom. The van der Waals surface area contributed by atoms with Crippen molar-refractivity contribution in [1.29, 1.82) is 0 Å². The van der Waals surface area contributed by atoms with Gasteiger partial charge in [-0.2, -0.15) is 0 Å². The fraction of sp³-hybridized carbons (Fsp3) is 0.200. The molecule has 92 valence electrons. The number of aliphatic hydroxyl groups is 1. The molecule has 0 spiro atoms. The summed E-state index contributed by atoms with van der Waals surface area (Å²) in [7, 11) is 0. The molecule has 3 rings (SSSR count). The van der Waals surface area contributed by atoms with Crippen LogP contribution in [0.15, 0.2) is 53.4 Å². The van der Waals surface area contributed by atoms with Gasteiger partial charge in [0.25, 0.3) is 0 Å². The standard InChI is InChI=1S/C15H13ClOS/c16-12-7-5-10(6-8-12)15(17)14-9-11-3-1-2-4-13(11)18-14/h1-8,14-15,17H,9H2. The number of benzene rings is 2. The molecule has 0 aromatic heterocycles. The second-order valence-electron chi connectivity index (χ2n) is 4.46. The molecule has 1 nitrogen and oxygen atoms in total. The average molecular weight is 277 g/mol. The number of halogens is 1. The Morgan fingerprint density at radius 1 is 1.11 bits per heavy atom. The van der Waals surface area contributed by atoms with Gasteiger partial charge in [-0.1, -0.05) is 41.9 Å². The van der Waals surface area contributed by atoms with Gasteiger partial charge < -0.3 is 5.11 Å². The van der Waals surface area contributed by atoms with Crippen LogP contribution in [0.4, 0.5) is 0 Å². The highest BCUT2D eigenvalue weighted by Crippen LogP contribution is 2.42. The van der Waals surface area contributed by atoms with Gasteiger partial charge >= 0.3 is 0 Å². The molecule has 1 aliphatic heterocycles. The van der Waals surface area contributed by atoms with Crippen molar-refractivity contribution in [2.24, 2.45) is 0 Å². The maximum absolute atomic E-state index is 10.4. The van der Waals surface area contributed by atoms with E-state index in [4.69, 9.17) is 11.6 Å². The molecule has 0 amide bonds. The summed E-state index contributed by atoms with van der Waals surface area (Å²) in [6, 6.07) is 15.8. The average Bonchev–Trinajstić information content (AvgIpc) is 2.82. The van der Waals surface area contributed by atoms with Gasteiger partial charge in [-0.3, -0.25) is 0 Å². The minimum Gasteiger partial charge on any atom is -0.387 e. The summed E-state index contributed by atoms with van der Waals surface area (Å²) in [5.74, 6) is 0. The fourth-order valence-electron chi connectivity index (χ4n) is 2.26. The van der Waals surface area contributed by atoms with Crippen LogP contribution in [0.5, 0.6) is 0 Å². The van der Waals surface area contributed by atoms with Crippen LogP contribution >= 0.6 is 23.4 Å². The molecule has 0 fully saturated rings. The number of aliphatic hydroxyl groups excluding tert-OH is 1. The predicted molar refractivity (Wildman–Crippen MR) is 76.2 cm³/mol. The molecule has 18 heavy (non-hydrogen) atoms. The topological polar surface area (TPSA) is 20.2 Å². The van der Waals surface area contributed by atoms with Crippen LogP contribution in [0.1, 0.15) is 17.2 Å². The molecule has 2 aromatic rings. The van der Waals surface area contributed by atoms with Crippen molar-refractivity contribution in [3.63, 3.8) is 0 Å². The highest BCUT2D eigenvalue weighted by Gasteiger charge is 2.28. The van der Waals surface area contributed by atoms with Gasteiger partial charge in [0.2, 0.25) is 0 Å². The number of rotatable bonds is 2. The molecule has 1 heterocycles. The predicted octanol–water partition coefficient (Wildman–Crippen LogP) is 4.09. The van der Waals surface area contributed by atoms with E-state index in [1.54, 1.807) is 11.8 Å². The summed E-state index contributed by atoms with van der Waals surface area (Å²) in [6.45, 7) is 0.